The molecule has 5 nitrogen and oxygen atoms in total. The van der Waals surface area contributed by atoms with E-state index in [0.29, 0.717) is 6.54 Å². The van der Waals surface area contributed by atoms with Crippen molar-refractivity contribution in [1.29, 1.82) is 0 Å². The molecule has 1 aliphatic carbocycles. The zero-order valence-corrected chi connectivity index (χ0v) is 15.1. The fourth-order valence-corrected chi connectivity index (χ4v) is 3.52. The van der Waals surface area contributed by atoms with Gasteiger partial charge >= 0.3 is 0 Å². The van der Waals surface area contributed by atoms with Crippen LogP contribution in [0.15, 0.2) is 42.5 Å². The molecule has 2 aliphatic rings. The maximum Gasteiger partial charge on any atom is 0.223 e. The molecule has 26 heavy (non-hydrogen) atoms. The third-order valence-electron chi connectivity index (χ3n) is 5.32. The highest BCUT2D eigenvalue weighted by Crippen LogP contribution is 2.26. The maximum atomic E-state index is 12.0. The van der Waals surface area contributed by atoms with Crippen LogP contribution in [-0.4, -0.2) is 33.7 Å². The summed E-state index contributed by atoms with van der Waals surface area (Å²) in [6.07, 6.45) is 7.66. The van der Waals surface area contributed by atoms with Crippen LogP contribution in [0.25, 0.3) is 6.08 Å². The first kappa shape index (κ1) is 17.0. The van der Waals surface area contributed by atoms with E-state index in [4.69, 9.17) is 0 Å². The SMILES string of the molecule is O=C(NCc1cc2n(n1)CCN(C/C=C/c1ccccc1)C2)C1CCC1. The largest absolute Gasteiger partial charge is 0.350 e. The lowest BCUT2D eigenvalue weighted by atomic mass is 9.85. The van der Waals surface area contributed by atoms with Gasteiger partial charge in [0, 0.05) is 25.6 Å². The first-order valence-electron chi connectivity index (χ1n) is 9.55. The predicted molar refractivity (Wildman–Crippen MR) is 102 cm³/mol. The Labute approximate surface area is 154 Å². The molecule has 0 atom stereocenters. The van der Waals surface area contributed by atoms with Gasteiger partial charge in [0.25, 0.3) is 0 Å². The molecule has 1 aliphatic heterocycles. The second-order valence-corrected chi connectivity index (χ2v) is 7.24. The average Bonchev–Trinajstić information content (AvgIpc) is 3.02. The van der Waals surface area contributed by atoms with Crippen LogP contribution < -0.4 is 5.32 Å². The van der Waals surface area contributed by atoms with E-state index in [1.807, 2.05) is 6.07 Å². The number of nitrogens with one attached hydrogen (secondary N) is 1. The highest BCUT2D eigenvalue weighted by molar-refractivity contribution is 5.79. The molecule has 2 aromatic rings. The molecule has 0 unspecified atom stereocenters. The zero-order valence-electron chi connectivity index (χ0n) is 15.1. The topological polar surface area (TPSA) is 50.2 Å². The summed E-state index contributed by atoms with van der Waals surface area (Å²) in [6, 6.07) is 12.5. The Morgan fingerprint density at radius 3 is 2.85 bits per heavy atom. The van der Waals surface area contributed by atoms with Crippen molar-refractivity contribution in [2.45, 2.75) is 38.9 Å². The van der Waals surface area contributed by atoms with Crippen LogP contribution in [0, 0.1) is 5.92 Å². The smallest absolute Gasteiger partial charge is 0.223 e. The maximum absolute atomic E-state index is 12.0. The van der Waals surface area contributed by atoms with Crippen molar-refractivity contribution in [2.75, 3.05) is 13.1 Å². The minimum atomic E-state index is 0.190. The van der Waals surface area contributed by atoms with E-state index in [2.05, 4.69) is 62.5 Å². The van der Waals surface area contributed by atoms with Gasteiger partial charge in [-0.2, -0.15) is 5.10 Å². The van der Waals surface area contributed by atoms with Gasteiger partial charge in [-0.15, -0.1) is 0 Å². The van der Waals surface area contributed by atoms with Gasteiger partial charge in [0.1, 0.15) is 0 Å². The number of hydrogen-bond acceptors (Lipinski definition) is 3. The number of fused-ring (bicyclic) bond motifs is 1. The molecule has 1 aromatic heterocycles. The Kier molecular flexibility index (Phi) is 5.16. The number of carbonyl (C=O) groups is 1. The monoisotopic (exact) mass is 350 g/mol. The van der Waals surface area contributed by atoms with Crippen LogP contribution >= 0.6 is 0 Å². The van der Waals surface area contributed by atoms with Crippen LogP contribution in [-0.2, 0) is 24.4 Å². The summed E-state index contributed by atoms with van der Waals surface area (Å²) >= 11 is 0. The lowest BCUT2D eigenvalue weighted by Gasteiger charge is -2.26. The summed E-state index contributed by atoms with van der Waals surface area (Å²) in [5.74, 6) is 0.425. The van der Waals surface area contributed by atoms with Crippen molar-refractivity contribution in [3.8, 4) is 0 Å². The molecule has 2 heterocycles. The first-order valence-corrected chi connectivity index (χ1v) is 9.55. The second kappa shape index (κ2) is 7.87. The van der Waals surface area contributed by atoms with Crippen LogP contribution in [0.2, 0.25) is 0 Å². The van der Waals surface area contributed by atoms with Gasteiger partial charge < -0.3 is 5.32 Å². The second-order valence-electron chi connectivity index (χ2n) is 7.24. The fourth-order valence-electron chi connectivity index (χ4n) is 3.52. The predicted octanol–water partition coefficient (Wildman–Crippen LogP) is 2.83. The van der Waals surface area contributed by atoms with E-state index >= 15 is 0 Å². The number of rotatable bonds is 6. The van der Waals surface area contributed by atoms with Crippen molar-refractivity contribution < 1.29 is 4.79 Å². The highest BCUT2D eigenvalue weighted by atomic mass is 16.1. The first-order chi connectivity index (χ1) is 12.8. The fraction of sp³-hybridized carbons (Fsp3) is 0.429. The molecule has 5 heteroatoms. The van der Waals surface area contributed by atoms with E-state index in [1.54, 1.807) is 0 Å². The summed E-state index contributed by atoms with van der Waals surface area (Å²) in [5, 5.41) is 7.68. The van der Waals surface area contributed by atoms with Crippen molar-refractivity contribution in [3.05, 3.63) is 59.4 Å². The molecule has 1 fully saturated rings. The average molecular weight is 350 g/mol. The Balaban J connectivity index is 1.28. The number of hydrogen-bond donors (Lipinski definition) is 1. The van der Waals surface area contributed by atoms with Gasteiger partial charge in [0.15, 0.2) is 0 Å². The van der Waals surface area contributed by atoms with E-state index in [0.717, 1.165) is 44.7 Å². The van der Waals surface area contributed by atoms with Crippen molar-refractivity contribution in [3.63, 3.8) is 0 Å². The molecule has 1 aromatic carbocycles. The number of carbonyl (C=O) groups excluding carboxylic acids is 1. The number of aromatic nitrogens is 2. The lowest BCUT2D eigenvalue weighted by Crippen LogP contribution is -2.34. The quantitative estimate of drug-likeness (QED) is 0.872. The molecule has 4 rings (SSSR count). The Morgan fingerprint density at radius 2 is 2.08 bits per heavy atom. The van der Waals surface area contributed by atoms with E-state index in [1.165, 1.54) is 17.7 Å². The number of benzene rings is 1. The summed E-state index contributed by atoms with van der Waals surface area (Å²) in [7, 11) is 0. The van der Waals surface area contributed by atoms with E-state index < -0.39 is 0 Å². The molecule has 1 amide bonds. The Bertz CT molecular complexity index is 777. The molecule has 136 valence electrons. The molecule has 0 saturated heterocycles. The highest BCUT2D eigenvalue weighted by Gasteiger charge is 2.25. The molecule has 1 N–H and O–H groups in total. The van der Waals surface area contributed by atoms with Crippen molar-refractivity contribution in [1.82, 2.24) is 20.0 Å². The van der Waals surface area contributed by atoms with Gasteiger partial charge in [-0.05, 0) is 24.5 Å². The van der Waals surface area contributed by atoms with Gasteiger partial charge in [-0.3, -0.25) is 14.4 Å². The van der Waals surface area contributed by atoms with Gasteiger partial charge in [0.05, 0.1) is 24.5 Å². The standard InChI is InChI=1S/C21H26N4O/c26-21(18-9-4-10-18)22-15-19-14-20-16-24(12-13-25(20)23-19)11-5-8-17-6-2-1-3-7-17/h1-3,5-8,14,18H,4,9-13,15-16H2,(H,22,26)/b8-5+. The molecule has 0 spiro atoms. The van der Waals surface area contributed by atoms with Crippen molar-refractivity contribution >= 4 is 12.0 Å². The third kappa shape index (κ3) is 4.05. The minimum Gasteiger partial charge on any atom is -0.350 e. The van der Waals surface area contributed by atoms with Crippen molar-refractivity contribution in [2.24, 2.45) is 5.92 Å². The van der Waals surface area contributed by atoms with Gasteiger partial charge in [0.2, 0.25) is 5.91 Å². The minimum absolute atomic E-state index is 0.190. The third-order valence-corrected chi connectivity index (χ3v) is 5.32. The zero-order chi connectivity index (χ0) is 17.8. The number of amides is 1. The summed E-state index contributed by atoms with van der Waals surface area (Å²) in [4.78, 5) is 14.4. The Hall–Kier alpha value is -2.40. The molecule has 0 radical (unpaired) electrons. The van der Waals surface area contributed by atoms with Gasteiger partial charge in [-0.25, -0.2) is 0 Å². The molecule has 0 bridgehead atoms. The summed E-state index contributed by atoms with van der Waals surface area (Å²) in [6.45, 7) is 4.30. The van der Waals surface area contributed by atoms with Crippen LogP contribution in [0.3, 0.4) is 0 Å². The van der Waals surface area contributed by atoms with Crippen LogP contribution in [0.5, 0.6) is 0 Å². The lowest BCUT2D eigenvalue weighted by molar-refractivity contribution is -0.127. The van der Waals surface area contributed by atoms with E-state index in [-0.39, 0.29) is 11.8 Å². The van der Waals surface area contributed by atoms with Crippen LogP contribution in [0.1, 0.15) is 36.2 Å². The molecular weight excluding hydrogens is 324 g/mol. The van der Waals surface area contributed by atoms with Crippen LogP contribution in [0.4, 0.5) is 0 Å². The van der Waals surface area contributed by atoms with E-state index in [9.17, 15) is 4.79 Å². The molecule has 1 saturated carbocycles. The summed E-state index contributed by atoms with van der Waals surface area (Å²) < 4.78 is 2.09. The normalized spacial score (nSPS) is 17.8. The van der Waals surface area contributed by atoms with Gasteiger partial charge in [-0.1, -0.05) is 48.9 Å². The number of nitrogens with zero attached hydrogens (tertiary/aromatic N) is 3. The molecular formula is C21H26N4O. The summed E-state index contributed by atoms with van der Waals surface area (Å²) in [5.41, 5.74) is 3.44. The Morgan fingerprint density at radius 1 is 1.23 bits per heavy atom.